The zero-order valence-electron chi connectivity index (χ0n) is 18.7. The van der Waals surface area contributed by atoms with Crippen LogP contribution in [0.2, 0.25) is 15.1 Å². The number of carbonyl (C=O) groups is 3. The van der Waals surface area contributed by atoms with Crippen molar-refractivity contribution in [2.45, 2.75) is 13.3 Å². The quantitative estimate of drug-likeness (QED) is 0.314. The number of rotatable bonds is 5. The molecule has 9 heteroatoms. The van der Waals surface area contributed by atoms with Gasteiger partial charge in [-0.15, -0.1) is 0 Å². The number of aryl methyl sites for hydroxylation is 1. The van der Waals surface area contributed by atoms with Gasteiger partial charge in [-0.25, -0.2) is 9.69 Å². The molecule has 178 valence electrons. The van der Waals surface area contributed by atoms with Crippen molar-refractivity contribution in [2.75, 3.05) is 12.0 Å². The van der Waals surface area contributed by atoms with Gasteiger partial charge in [-0.05, 0) is 60.0 Å². The summed E-state index contributed by atoms with van der Waals surface area (Å²) in [5, 5.41) is 3.53. The van der Waals surface area contributed by atoms with Gasteiger partial charge in [0.25, 0.3) is 11.8 Å². The average molecular weight is 530 g/mol. The molecule has 0 spiro atoms. The van der Waals surface area contributed by atoms with Gasteiger partial charge in [0.2, 0.25) is 0 Å². The summed E-state index contributed by atoms with van der Waals surface area (Å²) in [6.07, 6.45) is 1.79. The van der Waals surface area contributed by atoms with E-state index >= 15 is 0 Å². The standard InChI is InChI=1S/C26H19Cl3N2O4/c1-14-7-8-17(27)13-22(14)31-25(33)19(24(32)30-26(31)34)9-15-10-21(29)18(23(11-15)35-2)12-16-5-3-4-6-20(16)28/h3-11,13H,12H2,1-2H3,(H,30,32,34)/b19-9+. The second-order valence-electron chi connectivity index (χ2n) is 7.84. The number of amides is 4. The number of hydrogen-bond acceptors (Lipinski definition) is 4. The topological polar surface area (TPSA) is 75.7 Å². The molecule has 1 aliphatic rings. The number of anilines is 1. The van der Waals surface area contributed by atoms with Crippen LogP contribution in [0.1, 0.15) is 22.3 Å². The molecule has 1 N–H and O–H groups in total. The number of ether oxygens (including phenoxy) is 1. The van der Waals surface area contributed by atoms with Crippen LogP contribution in [0.4, 0.5) is 10.5 Å². The van der Waals surface area contributed by atoms with Crippen molar-refractivity contribution >= 4 is 64.4 Å². The molecule has 3 aromatic rings. The molecule has 0 unspecified atom stereocenters. The van der Waals surface area contributed by atoms with Crippen LogP contribution in [-0.4, -0.2) is 25.0 Å². The number of imide groups is 2. The number of methoxy groups -OCH3 is 1. The Morgan fingerprint density at radius 3 is 2.43 bits per heavy atom. The van der Waals surface area contributed by atoms with E-state index in [1.807, 2.05) is 18.2 Å². The van der Waals surface area contributed by atoms with Crippen LogP contribution < -0.4 is 15.0 Å². The van der Waals surface area contributed by atoms with Crippen LogP contribution in [0.5, 0.6) is 5.75 Å². The number of benzene rings is 3. The summed E-state index contributed by atoms with van der Waals surface area (Å²) in [4.78, 5) is 39.3. The summed E-state index contributed by atoms with van der Waals surface area (Å²) in [5.41, 5.74) is 2.71. The van der Waals surface area contributed by atoms with Gasteiger partial charge in [-0.1, -0.05) is 59.1 Å². The Labute approximate surface area is 217 Å². The largest absolute Gasteiger partial charge is 0.496 e. The smallest absolute Gasteiger partial charge is 0.335 e. The van der Waals surface area contributed by atoms with E-state index in [1.165, 1.54) is 19.3 Å². The van der Waals surface area contributed by atoms with Crippen molar-refractivity contribution in [1.82, 2.24) is 5.32 Å². The van der Waals surface area contributed by atoms with Gasteiger partial charge in [0, 0.05) is 27.1 Å². The zero-order chi connectivity index (χ0) is 25.3. The predicted molar refractivity (Wildman–Crippen MR) is 137 cm³/mol. The van der Waals surface area contributed by atoms with E-state index in [2.05, 4.69) is 5.32 Å². The molecule has 4 amide bonds. The normalized spacial score (nSPS) is 14.9. The molecule has 4 rings (SSSR count). The third-order valence-corrected chi connectivity index (χ3v) is 6.49. The van der Waals surface area contributed by atoms with Crippen LogP contribution in [0.25, 0.3) is 6.08 Å². The van der Waals surface area contributed by atoms with Crippen LogP contribution in [-0.2, 0) is 16.0 Å². The van der Waals surface area contributed by atoms with Gasteiger partial charge in [0.05, 0.1) is 12.8 Å². The van der Waals surface area contributed by atoms with E-state index in [-0.39, 0.29) is 11.3 Å². The Kier molecular flexibility index (Phi) is 7.17. The Morgan fingerprint density at radius 1 is 0.971 bits per heavy atom. The lowest BCUT2D eigenvalue weighted by molar-refractivity contribution is -0.122. The Hall–Kier alpha value is -3.32. The SMILES string of the molecule is COc1cc(/C=C2\C(=O)NC(=O)N(c3cc(Cl)ccc3C)C2=O)cc(Cl)c1Cc1ccccc1Cl. The number of urea groups is 1. The molecule has 3 aromatic carbocycles. The number of barbiturate groups is 1. The number of halogens is 3. The van der Waals surface area contributed by atoms with E-state index in [0.717, 1.165) is 10.5 Å². The molecule has 1 saturated heterocycles. The van der Waals surface area contributed by atoms with E-state index in [0.29, 0.717) is 43.9 Å². The van der Waals surface area contributed by atoms with E-state index in [1.54, 1.807) is 37.3 Å². The molecular formula is C26H19Cl3N2O4. The predicted octanol–water partition coefficient (Wildman–Crippen LogP) is 6.22. The first-order valence-corrected chi connectivity index (χ1v) is 11.6. The summed E-state index contributed by atoms with van der Waals surface area (Å²) >= 11 is 18.9. The molecule has 0 saturated carbocycles. The van der Waals surface area contributed by atoms with Crippen molar-refractivity contribution < 1.29 is 19.1 Å². The first-order chi connectivity index (χ1) is 16.7. The fraction of sp³-hybridized carbons (Fsp3) is 0.115. The molecule has 0 bridgehead atoms. The molecule has 0 atom stereocenters. The lowest BCUT2D eigenvalue weighted by Gasteiger charge is -2.27. The summed E-state index contributed by atoms with van der Waals surface area (Å²) < 4.78 is 5.54. The van der Waals surface area contributed by atoms with Crippen LogP contribution in [0.15, 0.2) is 60.2 Å². The average Bonchev–Trinajstić information content (AvgIpc) is 2.81. The second-order valence-corrected chi connectivity index (χ2v) is 9.09. The van der Waals surface area contributed by atoms with E-state index in [9.17, 15) is 14.4 Å². The zero-order valence-corrected chi connectivity index (χ0v) is 21.0. The fourth-order valence-corrected chi connectivity index (χ4v) is 4.42. The van der Waals surface area contributed by atoms with Gasteiger partial charge in [-0.3, -0.25) is 14.9 Å². The summed E-state index contributed by atoms with van der Waals surface area (Å²) in [7, 11) is 1.50. The minimum absolute atomic E-state index is 0.235. The van der Waals surface area contributed by atoms with Gasteiger partial charge < -0.3 is 4.74 Å². The molecule has 0 radical (unpaired) electrons. The highest BCUT2D eigenvalue weighted by molar-refractivity contribution is 6.40. The maximum absolute atomic E-state index is 13.3. The third-order valence-electron chi connectivity index (χ3n) is 5.55. The van der Waals surface area contributed by atoms with Gasteiger partial charge in [0.1, 0.15) is 11.3 Å². The number of nitrogens with zero attached hydrogens (tertiary/aromatic N) is 1. The minimum Gasteiger partial charge on any atom is -0.496 e. The second kappa shape index (κ2) is 10.1. The molecule has 6 nitrogen and oxygen atoms in total. The van der Waals surface area contributed by atoms with E-state index < -0.39 is 17.8 Å². The summed E-state index contributed by atoms with van der Waals surface area (Å²) in [6.45, 7) is 1.73. The molecule has 0 aliphatic carbocycles. The molecule has 0 aromatic heterocycles. The van der Waals surface area contributed by atoms with Crippen LogP contribution in [0.3, 0.4) is 0 Å². The highest BCUT2D eigenvalue weighted by Gasteiger charge is 2.37. The highest BCUT2D eigenvalue weighted by atomic mass is 35.5. The number of hydrogen-bond donors (Lipinski definition) is 1. The van der Waals surface area contributed by atoms with Crippen LogP contribution >= 0.6 is 34.8 Å². The lowest BCUT2D eigenvalue weighted by Crippen LogP contribution is -2.54. The first kappa shape index (κ1) is 24.8. The monoisotopic (exact) mass is 528 g/mol. The minimum atomic E-state index is -0.854. The number of carbonyl (C=O) groups excluding carboxylic acids is 3. The summed E-state index contributed by atoms with van der Waals surface area (Å²) in [6, 6.07) is 14.6. The van der Waals surface area contributed by atoms with Gasteiger partial charge in [-0.2, -0.15) is 0 Å². The number of nitrogens with one attached hydrogen (secondary N) is 1. The van der Waals surface area contributed by atoms with Gasteiger partial charge >= 0.3 is 6.03 Å². The molecule has 1 aliphatic heterocycles. The highest BCUT2D eigenvalue weighted by Crippen LogP contribution is 2.34. The Bertz CT molecular complexity index is 1400. The van der Waals surface area contributed by atoms with Crippen molar-refractivity contribution in [1.29, 1.82) is 0 Å². The molecular weight excluding hydrogens is 511 g/mol. The maximum atomic E-state index is 13.3. The van der Waals surface area contributed by atoms with Crippen molar-refractivity contribution in [2.24, 2.45) is 0 Å². The van der Waals surface area contributed by atoms with Gasteiger partial charge in [0.15, 0.2) is 0 Å². The Balaban J connectivity index is 1.73. The first-order valence-electron chi connectivity index (χ1n) is 10.5. The molecule has 1 heterocycles. The molecule has 1 fully saturated rings. The maximum Gasteiger partial charge on any atom is 0.335 e. The molecule has 35 heavy (non-hydrogen) atoms. The van der Waals surface area contributed by atoms with Crippen molar-refractivity contribution in [3.05, 3.63) is 97.5 Å². The third kappa shape index (κ3) is 5.05. The van der Waals surface area contributed by atoms with Crippen LogP contribution in [0, 0.1) is 6.92 Å². The van der Waals surface area contributed by atoms with E-state index in [4.69, 9.17) is 39.5 Å². The van der Waals surface area contributed by atoms with Crippen molar-refractivity contribution in [3.8, 4) is 5.75 Å². The Morgan fingerprint density at radius 2 is 1.71 bits per heavy atom. The lowest BCUT2D eigenvalue weighted by atomic mass is 10.00. The fourth-order valence-electron chi connectivity index (χ4n) is 3.77. The summed E-state index contributed by atoms with van der Waals surface area (Å²) in [5.74, 6) is -1.13. The van der Waals surface area contributed by atoms with Crippen molar-refractivity contribution in [3.63, 3.8) is 0 Å².